The summed E-state index contributed by atoms with van der Waals surface area (Å²) in [5.74, 6) is -0.864. The minimum atomic E-state index is -0.553. The van der Waals surface area contributed by atoms with Gasteiger partial charge in [-0.15, -0.1) is 11.8 Å². The molecule has 0 unspecified atom stereocenters. The third-order valence-electron chi connectivity index (χ3n) is 3.96. The van der Waals surface area contributed by atoms with Gasteiger partial charge in [-0.05, 0) is 54.3 Å². The van der Waals surface area contributed by atoms with Crippen molar-refractivity contribution in [3.63, 3.8) is 0 Å². The number of thioether (sulfide) groups is 1. The van der Waals surface area contributed by atoms with Crippen LogP contribution in [-0.4, -0.2) is 20.9 Å². The van der Waals surface area contributed by atoms with E-state index in [4.69, 9.17) is 5.10 Å². The van der Waals surface area contributed by atoms with Gasteiger partial charge in [0.2, 0.25) is 5.95 Å². The number of hydrogen-bond donors (Lipinski definition) is 0. The molecule has 124 valence electrons. The number of benzene rings is 1. The molecule has 4 aromatic rings. The molecule has 3 nitrogen and oxygen atoms in total. The maximum Gasteiger partial charge on any atom is 0.213 e. The fraction of sp³-hybridized carbons (Fsp3) is 0.0526. The molecule has 0 radical (unpaired) electrons. The Bertz CT molecular complexity index is 1060. The lowest BCUT2D eigenvalue weighted by atomic mass is 10.0. The van der Waals surface area contributed by atoms with E-state index in [1.54, 1.807) is 30.0 Å². The van der Waals surface area contributed by atoms with E-state index in [9.17, 15) is 8.78 Å². The van der Waals surface area contributed by atoms with Crippen molar-refractivity contribution in [1.29, 1.82) is 0 Å². The highest BCUT2D eigenvalue weighted by atomic mass is 32.2. The van der Waals surface area contributed by atoms with Crippen molar-refractivity contribution in [1.82, 2.24) is 14.6 Å². The Morgan fingerprint density at radius 2 is 1.76 bits per heavy atom. The molecule has 0 spiro atoms. The average Bonchev–Trinajstić information content (AvgIpc) is 3.01. The maximum absolute atomic E-state index is 13.7. The molecule has 1 aromatic carbocycles. The summed E-state index contributed by atoms with van der Waals surface area (Å²) in [6.45, 7) is 0. The van der Waals surface area contributed by atoms with Crippen LogP contribution in [-0.2, 0) is 0 Å². The summed E-state index contributed by atoms with van der Waals surface area (Å²) in [4.78, 5) is 3.63. The summed E-state index contributed by atoms with van der Waals surface area (Å²) in [6, 6.07) is 15.1. The Kier molecular flexibility index (Phi) is 3.97. The van der Waals surface area contributed by atoms with E-state index in [1.807, 2.05) is 29.0 Å². The van der Waals surface area contributed by atoms with Gasteiger partial charge in [-0.25, -0.2) is 13.9 Å². The molecule has 0 N–H and O–H groups in total. The van der Waals surface area contributed by atoms with E-state index < -0.39 is 5.95 Å². The minimum Gasteiger partial charge on any atom is -0.228 e. The van der Waals surface area contributed by atoms with E-state index in [0.29, 0.717) is 11.3 Å². The molecule has 0 saturated carbocycles. The Morgan fingerprint density at radius 1 is 0.960 bits per heavy atom. The Morgan fingerprint density at radius 3 is 2.48 bits per heavy atom. The summed E-state index contributed by atoms with van der Waals surface area (Å²) in [5.41, 5.74) is 3.78. The smallest absolute Gasteiger partial charge is 0.213 e. The number of halogens is 2. The second-order valence-corrected chi connectivity index (χ2v) is 6.29. The molecule has 3 aromatic heterocycles. The van der Waals surface area contributed by atoms with Crippen molar-refractivity contribution >= 4 is 17.3 Å². The average molecular weight is 353 g/mol. The fourth-order valence-electron chi connectivity index (χ4n) is 2.85. The lowest BCUT2D eigenvalue weighted by Gasteiger charge is -2.04. The first-order valence-corrected chi connectivity index (χ1v) is 8.83. The van der Waals surface area contributed by atoms with Crippen LogP contribution < -0.4 is 0 Å². The number of aromatic nitrogens is 3. The zero-order valence-electron chi connectivity index (χ0n) is 13.3. The van der Waals surface area contributed by atoms with Gasteiger partial charge < -0.3 is 0 Å². The highest BCUT2D eigenvalue weighted by Crippen LogP contribution is 2.36. The SMILES string of the molecule is CSc1cccc2c(-c3ccnc(F)c3)c(-c3ccc(F)cc3)nn12. The predicted molar refractivity (Wildman–Crippen MR) is 95.6 cm³/mol. The summed E-state index contributed by atoms with van der Waals surface area (Å²) in [7, 11) is 0. The van der Waals surface area contributed by atoms with Gasteiger partial charge in [-0.2, -0.15) is 9.49 Å². The molecule has 0 saturated heterocycles. The van der Waals surface area contributed by atoms with E-state index in [1.165, 1.54) is 24.4 Å². The molecule has 0 aliphatic carbocycles. The van der Waals surface area contributed by atoms with Gasteiger partial charge in [0, 0.05) is 23.4 Å². The summed E-state index contributed by atoms with van der Waals surface area (Å²) in [5, 5.41) is 5.68. The van der Waals surface area contributed by atoms with E-state index in [2.05, 4.69) is 4.98 Å². The highest BCUT2D eigenvalue weighted by Gasteiger charge is 2.18. The first-order valence-electron chi connectivity index (χ1n) is 7.61. The van der Waals surface area contributed by atoms with Gasteiger partial charge in [0.25, 0.3) is 0 Å². The lowest BCUT2D eigenvalue weighted by Crippen LogP contribution is -1.91. The molecule has 4 rings (SSSR count). The number of hydrogen-bond acceptors (Lipinski definition) is 3. The van der Waals surface area contributed by atoms with Crippen LogP contribution in [0.1, 0.15) is 0 Å². The monoisotopic (exact) mass is 353 g/mol. The largest absolute Gasteiger partial charge is 0.228 e. The van der Waals surface area contributed by atoms with Gasteiger partial charge in [0.1, 0.15) is 11.5 Å². The number of fused-ring (bicyclic) bond motifs is 1. The fourth-order valence-corrected chi connectivity index (χ4v) is 3.38. The minimum absolute atomic E-state index is 0.311. The highest BCUT2D eigenvalue weighted by molar-refractivity contribution is 7.98. The van der Waals surface area contributed by atoms with Crippen molar-refractivity contribution in [2.75, 3.05) is 6.26 Å². The topological polar surface area (TPSA) is 30.2 Å². The molecule has 0 atom stereocenters. The van der Waals surface area contributed by atoms with Crippen molar-refractivity contribution in [3.05, 3.63) is 72.6 Å². The summed E-state index contributed by atoms with van der Waals surface area (Å²) >= 11 is 1.57. The van der Waals surface area contributed by atoms with Crippen LogP contribution in [0.15, 0.2) is 65.8 Å². The van der Waals surface area contributed by atoms with Crippen molar-refractivity contribution in [2.24, 2.45) is 0 Å². The molecule has 3 heterocycles. The van der Waals surface area contributed by atoms with Crippen LogP contribution in [0.5, 0.6) is 0 Å². The van der Waals surface area contributed by atoms with Crippen molar-refractivity contribution in [2.45, 2.75) is 5.03 Å². The number of nitrogens with zero attached hydrogens (tertiary/aromatic N) is 3. The zero-order valence-corrected chi connectivity index (χ0v) is 14.1. The second-order valence-electron chi connectivity index (χ2n) is 5.46. The van der Waals surface area contributed by atoms with E-state index in [0.717, 1.165) is 21.7 Å². The summed E-state index contributed by atoms with van der Waals surface area (Å²) < 4.78 is 28.8. The van der Waals surface area contributed by atoms with Crippen molar-refractivity contribution in [3.8, 4) is 22.4 Å². The molecule has 0 fully saturated rings. The first-order chi connectivity index (χ1) is 12.2. The molecule has 0 aliphatic heterocycles. The van der Waals surface area contributed by atoms with Crippen LogP contribution in [0.3, 0.4) is 0 Å². The molecule has 0 bridgehead atoms. The molecule has 25 heavy (non-hydrogen) atoms. The van der Waals surface area contributed by atoms with Crippen LogP contribution in [0.4, 0.5) is 8.78 Å². The van der Waals surface area contributed by atoms with Crippen LogP contribution in [0.25, 0.3) is 27.9 Å². The predicted octanol–water partition coefficient (Wildman–Crippen LogP) is 5.06. The Hall–Kier alpha value is -2.73. The van der Waals surface area contributed by atoms with Gasteiger partial charge >= 0.3 is 0 Å². The van der Waals surface area contributed by atoms with Gasteiger partial charge in [-0.3, -0.25) is 0 Å². The molecular weight excluding hydrogens is 340 g/mol. The molecule has 0 amide bonds. The van der Waals surface area contributed by atoms with E-state index in [-0.39, 0.29) is 5.82 Å². The Balaban J connectivity index is 2.07. The maximum atomic E-state index is 13.7. The third-order valence-corrected chi connectivity index (χ3v) is 4.69. The van der Waals surface area contributed by atoms with Gasteiger partial charge in [0.05, 0.1) is 10.5 Å². The summed E-state index contributed by atoms with van der Waals surface area (Å²) in [6.07, 6.45) is 3.40. The van der Waals surface area contributed by atoms with Crippen molar-refractivity contribution < 1.29 is 8.78 Å². The van der Waals surface area contributed by atoms with Crippen LogP contribution in [0.2, 0.25) is 0 Å². The standard InChI is InChI=1S/C19H13F2N3S/c1-25-17-4-2-3-15-18(13-9-10-22-16(21)11-13)19(23-24(15)17)12-5-7-14(20)8-6-12/h2-11H,1H3. The second kappa shape index (κ2) is 6.29. The molecular formula is C19H13F2N3S. The first kappa shape index (κ1) is 15.8. The lowest BCUT2D eigenvalue weighted by molar-refractivity contribution is 0.584. The molecule has 6 heteroatoms. The quantitative estimate of drug-likeness (QED) is 0.381. The van der Waals surface area contributed by atoms with Gasteiger partial charge in [0.15, 0.2) is 0 Å². The van der Waals surface area contributed by atoms with Crippen LogP contribution >= 0.6 is 11.8 Å². The Labute approximate surface area is 147 Å². The zero-order chi connectivity index (χ0) is 17.4. The van der Waals surface area contributed by atoms with Gasteiger partial charge in [-0.1, -0.05) is 6.07 Å². The number of pyridine rings is 2. The third kappa shape index (κ3) is 2.78. The molecule has 0 aliphatic rings. The van der Waals surface area contributed by atoms with Crippen LogP contribution in [0, 0.1) is 11.8 Å². The van der Waals surface area contributed by atoms with E-state index >= 15 is 0 Å². The number of rotatable bonds is 3. The normalized spacial score (nSPS) is 11.2.